The highest BCUT2D eigenvalue weighted by Gasteiger charge is 2.13. The predicted molar refractivity (Wildman–Crippen MR) is 94.9 cm³/mol. The van der Waals surface area contributed by atoms with Crippen molar-refractivity contribution in [2.24, 2.45) is 0 Å². The SMILES string of the molecule is CS(=O)(=O)Oc1ccc(CCOc2ccc(CC(O)C(=O)O)cc2)cc1. The van der Waals surface area contributed by atoms with Crippen LogP contribution in [0.4, 0.5) is 0 Å². The number of benzene rings is 2. The van der Waals surface area contributed by atoms with Gasteiger partial charge in [0.15, 0.2) is 6.10 Å². The highest BCUT2D eigenvalue weighted by atomic mass is 32.2. The molecule has 1 atom stereocenters. The van der Waals surface area contributed by atoms with Crippen LogP contribution >= 0.6 is 0 Å². The van der Waals surface area contributed by atoms with E-state index < -0.39 is 22.2 Å². The summed E-state index contributed by atoms with van der Waals surface area (Å²) in [5.41, 5.74) is 1.67. The van der Waals surface area contributed by atoms with Gasteiger partial charge in [-0.15, -0.1) is 0 Å². The first-order valence-electron chi connectivity index (χ1n) is 7.84. The summed E-state index contributed by atoms with van der Waals surface area (Å²) in [6.07, 6.45) is 0.231. The first-order valence-corrected chi connectivity index (χ1v) is 9.65. The zero-order valence-corrected chi connectivity index (χ0v) is 15.0. The van der Waals surface area contributed by atoms with E-state index in [4.69, 9.17) is 14.0 Å². The maximum atomic E-state index is 11.0. The topological polar surface area (TPSA) is 110 Å². The number of hydrogen-bond acceptors (Lipinski definition) is 6. The van der Waals surface area contributed by atoms with Crippen LogP contribution in [0.2, 0.25) is 0 Å². The van der Waals surface area contributed by atoms with Gasteiger partial charge in [0, 0.05) is 12.8 Å². The number of carboxylic acids is 1. The lowest BCUT2D eigenvalue weighted by molar-refractivity contribution is -0.146. The molecule has 1 unspecified atom stereocenters. The van der Waals surface area contributed by atoms with Crippen LogP contribution in [-0.4, -0.2) is 43.6 Å². The van der Waals surface area contributed by atoms with Gasteiger partial charge >= 0.3 is 16.1 Å². The van der Waals surface area contributed by atoms with Crippen LogP contribution in [-0.2, 0) is 27.8 Å². The largest absolute Gasteiger partial charge is 0.493 e. The molecule has 0 saturated carbocycles. The molecular weight excluding hydrogens is 360 g/mol. The number of carboxylic acid groups (broad SMARTS) is 1. The number of rotatable bonds is 9. The number of hydrogen-bond donors (Lipinski definition) is 2. The second-order valence-electron chi connectivity index (χ2n) is 5.73. The highest BCUT2D eigenvalue weighted by molar-refractivity contribution is 7.86. The van der Waals surface area contributed by atoms with Crippen molar-refractivity contribution < 1.29 is 32.3 Å². The molecule has 7 nitrogen and oxygen atoms in total. The van der Waals surface area contributed by atoms with Crippen LogP contribution in [0, 0.1) is 0 Å². The van der Waals surface area contributed by atoms with E-state index in [1.165, 1.54) is 0 Å². The van der Waals surface area contributed by atoms with Gasteiger partial charge in [-0.25, -0.2) is 4.79 Å². The molecule has 0 aliphatic heterocycles. The monoisotopic (exact) mass is 380 g/mol. The van der Waals surface area contributed by atoms with Crippen molar-refractivity contribution in [3.8, 4) is 11.5 Å². The minimum absolute atomic E-state index is 0.0392. The van der Waals surface area contributed by atoms with Crippen molar-refractivity contribution in [1.82, 2.24) is 0 Å². The minimum atomic E-state index is -3.53. The summed E-state index contributed by atoms with van der Waals surface area (Å²) in [6, 6.07) is 13.5. The van der Waals surface area contributed by atoms with Gasteiger partial charge in [0.05, 0.1) is 12.9 Å². The third kappa shape index (κ3) is 6.73. The molecule has 0 fully saturated rings. The summed E-state index contributed by atoms with van der Waals surface area (Å²) < 4.78 is 32.5. The molecule has 0 saturated heterocycles. The molecule has 0 heterocycles. The lowest BCUT2D eigenvalue weighted by Gasteiger charge is -2.09. The number of ether oxygens (including phenoxy) is 1. The van der Waals surface area contributed by atoms with Gasteiger partial charge in [0.25, 0.3) is 0 Å². The van der Waals surface area contributed by atoms with Crippen LogP contribution in [0.15, 0.2) is 48.5 Å². The molecule has 0 bridgehead atoms. The third-order valence-corrected chi connectivity index (χ3v) is 3.96. The Morgan fingerprint density at radius 2 is 1.54 bits per heavy atom. The van der Waals surface area contributed by atoms with E-state index in [2.05, 4.69) is 0 Å². The number of aliphatic hydroxyl groups is 1. The van der Waals surface area contributed by atoms with E-state index in [9.17, 15) is 18.3 Å². The lowest BCUT2D eigenvalue weighted by atomic mass is 10.1. The molecular formula is C18H20O7S. The van der Waals surface area contributed by atoms with Gasteiger partial charge in [-0.3, -0.25) is 0 Å². The second-order valence-corrected chi connectivity index (χ2v) is 7.31. The van der Waals surface area contributed by atoms with Crippen molar-refractivity contribution in [1.29, 1.82) is 0 Å². The normalized spacial score (nSPS) is 12.4. The molecule has 2 aromatic rings. The summed E-state index contributed by atoms with van der Waals surface area (Å²) in [5, 5.41) is 18.0. The zero-order chi connectivity index (χ0) is 19.2. The van der Waals surface area contributed by atoms with Crippen molar-refractivity contribution >= 4 is 16.1 Å². The van der Waals surface area contributed by atoms with Crippen LogP contribution < -0.4 is 8.92 Å². The van der Waals surface area contributed by atoms with Crippen molar-refractivity contribution in [2.45, 2.75) is 18.9 Å². The van der Waals surface area contributed by atoms with E-state index in [1.54, 1.807) is 48.5 Å². The van der Waals surface area contributed by atoms with Crippen molar-refractivity contribution in [2.75, 3.05) is 12.9 Å². The average Bonchev–Trinajstić information content (AvgIpc) is 2.56. The number of aliphatic carboxylic acids is 1. The quantitative estimate of drug-likeness (QED) is 0.636. The minimum Gasteiger partial charge on any atom is -0.493 e. The van der Waals surface area contributed by atoms with Gasteiger partial charge in [0.1, 0.15) is 11.5 Å². The molecule has 26 heavy (non-hydrogen) atoms. The Bertz CT molecular complexity index is 827. The number of aliphatic hydroxyl groups excluding tert-OH is 1. The Hall–Kier alpha value is -2.58. The summed E-state index contributed by atoms with van der Waals surface area (Å²) in [7, 11) is -3.53. The highest BCUT2D eigenvalue weighted by Crippen LogP contribution is 2.16. The van der Waals surface area contributed by atoms with E-state index in [0.717, 1.165) is 11.8 Å². The maximum absolute atomic E-state index is 11.0. The van der Waals surface area contributed by atoms with E-state index >= 15 is 0 Å². The summed E-state index contributed by atoms with van der Waals surface area (Å²) in [4.78, 5) is 10.6. The fourth-order valence-corrected chi connectivity index (χ4v) is 2.67. The second kappa shape index (κ2) is 8.68. The van der Waals surface area contributed by atoms with Gasteiger partial charge in [0.2, 0.25) is 0 Å². The third-order valence-electron chi connectivity index (χ3n) is 3.47. The molecule has 140 valence electrons. The first-order chi connectivity index (χ1) is 12.2. The van der Waals surface area contributed by atoms with E-state index in [-0.39, 0.29) is 12.2 Å². The Morgan fingerprint density at radius 1 is 1.00 bits per heavy atom. The summed E-state index contributed by atoms with van der Waals surface area (Å²) >= 11 is 0. The van der Waals surface area contributed by atoms with Gasteiger partial charge in [-0.05, 0) is 35.4 Å². The fourth-order valence-electron chi connectivity index (χ4n) is 2.21. The molecule has 0 aliphatic rings. The van der Waals surface area contributed by atoms with Crippen LogP contribution in [0.3, 0.4) is 0 Å². The molecule has 0 aromatic heterocycles. The Kier molecular flexibility index (Phi) is 6.59. The first kappa shape index (κ1) is 19.7. The molecule has 0 aliphatic carbocycles. The van der Waals surface area contributed by atoms with Crippen LogP contribution in [0.5, 0.6) is 11.5 Å². The summed E-state index contributed by atoms with van der Waals surface area (Å²) in [6.45, 7) is 0.420. The standard InChI is InChI=1S/C18H20O7S/c1-26(22,23)25-16-8-2-13(3-9-16)10-11-24-15-6-4-14(5-7-15)12-17(19)18(20)21/h2-9,17,19H,10-12H2,1H3,(H,20,21). The van der Waals surface area contributed by atoms with Gasteiger partial charge in [-0.2, -0.15) is 8.42 Å². The van der Waals surface area contributed by atoms with Crippen LogP contribution in [0.25, 0.3) is 0 Å². The van der Waals surface area contributed by atoms with Crippen LogP contribution in [0.1, 0.15) is 11.1 Å². The van der Waals surface area contributed by atoms with E-state index in [0.29, 0.717) is 24.3 Å². The molecule has 0 radical (unpaired) electrons. The molecule has 2 aromatic carbocycles. The Morgan fingerprint density at radius 3 is 2.08 bits per heavy atom. The van der Waals surface area contributed by atoms with Crippen molar-refractivity contribution in [3.63, 3.8) is 0 Å². The van der Waals surface area contributed by atoms with E-state index in [1.807, 2.05) is 0 Å². The molecule has 2 N–H and O–H groups in total. The fraction of sp³-hybridized carbons (Fsp3) is 0.278. The predicted octanol–water partition coefficient (Wildman–Crippen LogP) is 1.63. The molecule has 2 rings (SSSR count). The Labute approximate surface area is 151 Å². The lowest BCUT2D eigenvalue weighted by Crippen LogP contribution is -2.21. The smallest absolute Gasteiger partial charge is 0.332 e. The van der Waals surface area contributed by atoms with Gasteiger partial charge in [-0.1, -0.05) is 24.3 Å². The zero-order valence-electron chi connectivity index (χ0n) is 14.2. The van der Waals surface area contributed by atoms with Crippen molar-refractivity contribution in [3.05, 3.63) is 59.7 Å². The molecule has 8 heteroatoms. The maximum Gasteiger partial charge on any atom is 0.332 e. The number of carbonyl (C=O) groups is 1. The average molecular weight is 380 g/mol. The molecule has 0 amide bonds. The molecule has 0 spiro atoms. The summed E-state index contributed by atoms with van der Waals surface area (Å²) in [5.74, 6) is -0.356. The van der Waals surface area contributed by atoms with Gasteiger partial charge < -0.3 is 19.1 Å². The Balaban J connectivity index is 1.81.